The first-order valence-electron chi connectivity index (χ1n) is 6.59. The summed E-state index contributed by atoms with van der Waals surface area (Å²) in [6.45, 7) is 0.183. The summed E-state index contributed by atoms with van der Waals surface area (Å²) in [7, 11) is 0. The fraction of sp³-hybridized carbons (Fsp3) is 0.0588. The first-order chi connectivity index (χ1) is 10.6. The van der Waals surface area contributed by atoms with E-state index < -0.39 is 17.0 Å². The minimum Gasteiger partial charge on any atom is -0.504 e. The molecule has 0 fully saturated rings. The summed E-state index contributed by atoms with van der Waals surface area (Å²) in [4.78, 5) is 23.6. The van der Waals surface area contributed by atoms with Gasteiger partial charge in [-0.05, 0) is 35.9 Å². The van der Waals surface area contributed by atoms with Crippen molar-refractivity contribution in [2.24, 2.45) is 0 Å². The number of ketones is 1. The molecule has 0 atom stereocenters. The molecule has 0 saturated heterocycles. The molecular weight excluding hydrogens is 284 g/mol. The van der Waals surface area contributed by atoms with Crippen LogP contribution in [0.4, 0.5) is 0 Å². The molecule has 0 aromatic heterocycles. The smallest absolute Gasteiger partial charge is 0.231 e. The van der Waals surface area contributed by atoms with Gasteiger partial charge in [0, 0.05) is 0 Å². The number of hydrogen-bond acceptors (Lipinski definition) is 5. The Morgan fingerprint density at radius 3 is 2.73 bits per heavy atom. The number of allylic oxidation sites excluding steroid dienone is 1. The Kier molecular flexibility index (Phi) is 3.62. The third-order valence-electron chi connectivity index (χ3n) is 3.20. The maximum atomic E-state index is 12.1. The molecule has 0 amide bonds. The maximum Gasteiger partial charge on any atom is 0.231 e. The van der Waals surface area contributed by atoms with Gasteiger partial charge in [-0.1, -0.05) is 24.3 Å². The van der Waals surface area contributed by atoms with Crippen molar-refractivity contribution in [3.8, 4) is 17.2 Å². The Morgan fingerprint density at radius 2 is 1.86 bits per heavy atom. The molecule has 5 nitrogen and oxygen atoms in total. The Balaban J connectivity index is 1.87. The Labute approximate surface area is 126 Å². The summed E-state index contributed by atoms with van der Waals surface area (Å²) in [5, 5.41) is 9.75. The van der Waals surface area contributed by atoms with E-state index in [9.17, 15) is 14.7 Å². The van der Waals surface area contributed by atoms with Gasteiger partial charge in [0.1, 0.15) is 0 Å². The van der Waals surface area contributed by atoms with Crippen LogP contribution in [0.25, 0.3) is 6.08 Å². The molecule has 0 aliphatic carbocycles. The molecule has 1 heterocycles. The second kappa shape index (κ2) is 5.73. The highest BCUT2D eigenvalue weighted by Crippen LogP contribution is 2.32. The Hall–Kier alpha value is -3.08. The molecule has 0 bridgehead atoms. The van der Waals surface area contributed by atoms with E-state index in [4.69, 9.17) is 9.47 Å². The fourth-order valence-electron chi connectivity index (χ4n) is 2.06. The van der Waals surface area contributed by atoms with E-state index in [2.05, 4.69) is 0 Å². The van der Waals surface area contributed by atoms with Gasteiger partial charge in [-0.2, -0.15) is 0 Å². The lowest BCUT2D eigenvalue weighted by atomic mass is 10.1. The van der Waals surface area contributed by atoms with Crippen LogP contribution in [0, 0.1) is 0 Å². The van der Waals surface area contributed by atoms with Gasteiger partial charge < -0.3 is 14.6 Å². The van der Waals surface area contributed by atoms with Gasteiger partial charge in [0.15, 0.2) is 23.0 Å². The predicted molar refractivity (Wildman–Crippen MR) is 80.3 cm³/mol. The van der Waals surface area contributed by atoms with Gasteiger partial charge >= 0.3 is 0 Å². The lowest BCUT2D eigenvalue weighted by Gasteiger charge is -1.98. The van der Waals surface area contributed by atoms with Crippen molar-refractivity contribution in [2.75, 3.05) is 6.79 Å². The number of rotatable bonds is 3. The number of benzene rings is 1. The zero-order chi connectivity index (χ0) is 15.5. The zero-order valence-electron chi connectivity index (χ0n) is 11.5. The number of fused-ring (bicyclic) bond motifs is 1. The zero-order valence-corrected chi connectivity index (χ0v) is 11.5. The number of ether oxygens (including phenoxy) is 2. The third kappa shape index (κ3) is 2.69. The second-order valence-corrected chi connectivity index (χ2v) is 4.66. The number of carbonyl (C=O) groups is 1. The molecule has 0 saturated carbocycles. The Bertz CT molecular complexity index is 823. The third-order valence-corrected chi connectivity index (χ3v) is 3.20. The van der Waals surface area contributed by atoms with E-state index in [-0.39, 0.29) is 12.4 Å². The van der Waals surface area contributed by atoms with E-state index in [1.807, 2.05) is 0 Å². The quantitative estimate of drug-likeness (QED) is 0.695. The number of hydrogen-bond donors (Lipinski definition) is 1. The monoisotopic (exact) mass is 296 g/mol. The SMILES string of the molecule is O=C(/C=C/c1ccc2c(c1)OCO2)c1ccccc(=O)c1O. The van der Waals surface area contributed by atoms with E-state index in [1.54, 1.807) is 24.3 Å². The van der Waals surface area contributed by atoms with Gasteiger partial charge in [-0.3, -0.25) is 9.59 Å². The topological polar surface area (TPSA) is 72.8 Å². The van der Waals surface area contributed by atoms with Crippen LogP contribution >= 0.6 is 0 Å². The largest absolute Gasteiger partial charge is 0.504 e. The maximum absolute atomic E-state index is 12.1. The lowest BCUT2D eigenvalue weighted by molar-refractivity contribution is 0.104. The van der Waals surface area contributed by atoms with Crippen molar-refractivity contribution < 1.29 is 19.4 Å². The first-order valence-corrected chi connectivity index (χ1v) is 6.59. The lowest BCUT2D eigenvalue weighted by Crippen LogP contribution is -2.01. The van der Waals surface area contributed by atoms with Crippen LogP contribution in [0.5, 0.6) is 17.2 Å². The molecule has 22 heavy (non-hydrogen) atoms. The van der Waals surface area contributed by atoms with Crippen molar-refractivity contribution in [2.45, 2.75) is 0 Å². The van der Waals surface area contributed by atoms with Crippen molar-refractivity contribution >= 4 is 11.9 Å². The summed E-state index contributed by atoms with van der Waals surface area (Å²) in [6.07, 6.45) is 2.88. The van der Waals surface area contributed by atoms with Crippen LogP contribution in [-0.4, -0.2) is 17.7 Å². The minimum absolute atomic E-state index is 0.0352. The molecule has 0 unspecified atom stereocenters. The van der Waals surface area contributed by atoms with E-state index in [0.29, 0.717) is 11.5 Å². The van der Waals surface area contributed by atoms with E-state index in [0.717, 1.165) is 5.56 Å². The summed E-state index contributed by atoms with van der Waals surface area (Å²) in [5.74, 6) is 0.270. The van der Waals surface area contributed by atoms with E-state index in [1.165, 1.54) is 30.3 Å². The summed E-state index contributed by atoms with van der Waals surface area (Å²) in [5.41, 5.74) is 0.122. The van der Waals surface area contributed by atoms with Crippen LogP contribution in [0.2, 0.25) is 0 Å². The molecule has 3 rings (SSSR count). The highest BCUT2D eigenvalue weighted by atomic mass is 16.7. The van der Waals surface area contributed by atoms with Crippen LogP contribution in [0.3, 0.4) is 0 Å². The first kappa shape index (κ1) is 13.9. The second-order valence-electron chi connectivity index (χ2n) is 4.66. The average molecular weight is 296 g/mol. The van der Waals surface area contributed by atoms with Crippen LogP contribution in [0.1, 0.15) is 15.9 Å². The predicted octanol–water partition coefficient (Wildman–Crippen LogP) is 2.38. The standard InChI is InChI=1S/C17H12O5/c18-13(12-3-1-2-4-14(19)17(12)20)7-5-11-6-8-15-16(9-11)22-10-21-15/h1-9H,10H2,(H,19,20)/b7-5+. The van der Waals surface area contributed by atoms with Gasteiger partial charge in [0.05, 0.1) is 5.56 Å². The molecule has 1 aliphatic rings. The molecule has 0 spiro atoms. The fourth-order valence-corrected chi connectivity index (χ4v) is 2.06. The molecule has 2 aromatic rings. The highest BCUT2D eigenvalue weighted by Gasteiger charge is 2.13. The van der Waals surface area contributed by atoms with Gasteiger partial charge in [0.25, 0.3) is 0 Å². The minimum atomic E-state index is -0.593. The molecule has 5 heteroatoms. The van der Waals surface area contributed by atoms with Crippen molar-refractivity contribution in [1.29, 1.82) is 0 Å². The van der Waals surface area contributed by atoms with Gasteiger partial charge in [0.2, 0.25) is 12.2 Å². The van der Waals surface area contributed by atoms with Crippen molar-refractivity contribution in [1.82, 2.24) is 0 Å². The molecule has 2 aromatic carbocycles. The van der Waals surface area contributed by atoms with Crippen molar-refractivity contribution in [3.05, 3.63) is 69.9 Å². The number of aromatic hydroxyl groups is 1. The highest BCUT2D eigenvalue weighted by molar-refractivity contribution is 6.08. The van der Waals surface area contributed by atoms with Gasteiger partial charge in [-0.25, -0.2) is 0 Å². The Morgan fingerprint density at radius 1 is 1.09 bits per heavy atom. The summed E-state index contributed by atoms with van der Waals surface area (Å²) >= 11 is 0. The summed E-state index contributed by atoms with van der Waals surface area (Å²) in [6, 6.07) is 10.9. The van der Waals surface area contributed by atoms with Crippen LogP contribution in [0.15, 0.2) is 53.3 Å². The molecule has 110 valence electrons. The average Bonchev–Trinajstić information content (AvgIpc) is 2.92. The molecule has 1 N–H and O–H groups in total. The molecule has 0 radical (unpaired) electrons. The van der Waals surface area contributed by atoms with Crippen LogP contribution in [-0.2, 0) is 0 Å². The molecule has 1 aliphatic heterocycles. The van der Waals surface area contributed by atoms with Crippen molar-refractivity contribution in [3.63, 3.8) is 0 Å². The molecular formula is C17H12O5. The van der Waals surface area contributed by atoms with E-state index >= 15 is 0 Å². The van der Waals surface area contributed by atoms with Gasteiger partial charge in [-0.15, -0.1) is 0 Å². The summed E-state index contributed by atoms with van der Waals surface area (Å²) < 4.78 is 10.5. The number of carbonyl (C=O) groups excluding carboxylic acids is 1. The normalized spacial score (nSPS) is 12.5. The van der Waals surface area contributed by atoms with Crippen LogP contribution < -0.4 is 14.9 Å².